The first-order valence-corrected chi connectivity index (χ1v) is 5.88. The summed E-state index contributed by atoms with van der Waals surface area (Å²) >= 11 is 0. The lowest BCUT2D eigenvalue weighted by molar-refractivity contribution is -0.141. The molecule has 4 heteroatoms. The standard InChI is InChI=1S/C13H16N2O2/c1-13(2,7-14)8-15-11(16)9-5-3-4-6-10(9)12(15)17/h3-4,9-10H,5-6,8H2,1-2H3/t9-,10+. The third kappa shape index (κ3) is 1.97. The van der Waals surface area contributed by atoms with E-state index in [-0.39, 0.29) is 30.2 Å². The summed E-state index contributed by atoms with van der Waals surface area (Å²) in [6.45, 7) is 3.69. The van der Waals surface area contributed by atoms with Crippen molar-refractivity contribution in [3.8, 4) is 6.07 Å². The summed E-state index contributed by atoms with van der Waals surface area (Å²) in [5.74, 6) is -0.593. The van der Waals surface area contributed by atoms with Crippen LogP contribution in [0.2, 0.25) is 0 Å². The lowest BCUT2D eigenvalue weighted by Gasteiger charge is -2.22. The maximum atomic E-state index is 12.1. The van der Waals surface area contributed by atoms with Crippen LogP contribution in [0.25, 0.3) is 0 Å². The quantitative estimate of drug-likeness (QED) is 0.535. The first kappa shape index (κ1) is 11.8. The SMILES string of the molecule is CC(C)(C#N)CN1C(=O)[C@H]2CC=CC[C@H]2C1=O. The number of hydrogen-bond acceptors (Lipinski definition) is 3. The molecule has 0 aromatic rings. The van der Waals surface area contributed by atoms with Gasteiger partial charge in [0.1, 0.15) is 0 Å². The van der Waals surface area contributed by atoms with E-state index < -0.39 is 5.41 Å². The Morgan fingerprint density at radius 2 is 1.76 bits per heavy atom. The van der Waals surface area contributed by atoms with Crippen LogP contribution >= 0.6 is 0 Å². The Bertz CT molecular complexity index is 405. The number of nitriles is 1. The first-order chi connectivity index (χ1) is 7.96. The molecule has 0 aromatic carbocycles. The average molecular weight is 232 g/mol. The minimum absolute atomic E-state index is 0.104. The van der Waals surface area contributed by atoms with Gasteiger partial charge in [0.2, 0.25) is 11.8 Å². The molecule has 90 valence electrons. The van der Waals surface area contributed by atoms with Crippen LogP contribution in [0.1, 0.15) is 26.7 Å². The third-order valence-corrected chi connectivity index (χ3v) is 3.45. The minimum Gasteiger partial charge on any atom is -0.280 e. The molecule has 0 aromatic heterocycles. The number of carbonyl (C=O) groups is 2. The molecule has 1 aliphatic heterocycles. The van der Waals surface area contributed by atoms with Gasteiger partial charge in [0.25, 0.3) is 0 Å². The Morgan fingerprint density at radius 3 is 2.18 bits per heavy atom. The normalized spacial score (nSPS) is 28.2. The van der Waals surface area contributed by atoms with Crippen molar-refractivity contribution in [3.05, 3.63) is 12.2 Å². The third-order valence-electron chi connectivity index (χ3n) is 3.45. The maximum absolute atomic E-state index is 12.1. The number of likely N-dealkylation sites (tertiary alicyclic amines) is 1. The second kappa shape index (κ2) is 3.99. The fraction of sp³-hybridized carbons (Fsp3) is 0.615. The first-order valence-electron chi connectivity index (χ1n) is 5.88. The van der Waals surface area contributed by atoms with Crippen LogP contribution in [0.15, 0.2) is 12.2 Å². The van der Waals surface area contributed by atoms with Crippen molar-refractivity contribution in [2.24, 2.45) is 17.3 Å². The second-order valence-electron chi connectivity index (χ2n) is 5.41. The zero-order valence-corrected chi connectivity index (χ0v) is 10.1. The van der Waals surface area contributed by atoms with E-state index in [1.54, 1.807) is 13.8 Å². The van der Waals surface area contributed by atoms with Crippen LogP contribution in [0, 0.1) is 28.6 Å². The molecule has 2 amide bonds. The van der Waals surface area contributed by atoms with E-state index >= 15 is 0 Å². The van der Waals surface area contributed by atoms with Crippen molar-refractivity contribution in [1.82, 2.24) is 4.90 Å². The summed E-state index contributed by atoms with van der Waals surface area (Å²) in [4.78, 5) is 25.5. The molecule has 1 aliphatic carbocycles. The zero-order valence-electron chi connectivity index (χ0n) is 10.1. The Labute approximate surface area is 101 Å². The number of fused-ring (bicyclic) bond motifs is 1. The highest BCUT2D eigenvalue weighted by Crippen LogP contribution is 2.36. The van der Waals surface area contributed by atoms with Crippen LogP contribution in [0.3, 0.4) is 0 Å². The Balaban J connectivity index is 2.19. The van der Waals surface area contributed by atoms with Gasteiger partial charge in [-0.25, -0.2) is 0 Å². The molecule has 0 N–H and O–H groups in total. The predicted molar refractivity (Wildman–Crippen MR) is 61.5 cm³/mol. The zero-order chi connectivity index (χ0) is 12.6. The van der Waals surface area contributed by atoms with Gasteiger partial charge in [-0.3, -0.25) is 14.5 Å². The van der Waals surface area contributed by atoms with E-state index in [0.717, 1.165) is 0 Å². The van der Waals surface area contributed by atoms with Gasteiger partial charge in [-0.15, -0.1) is 0 Å². The Morgan fingerprint density at radius 1 is 1.29 bits per heavy atom. The van der Waals surface area contributed by atoms with Crippen LogP contribution in [0.5, 0.6) is 0 Å². The number of hydrogen-bond donors (Lipinski definition) is 0. The van der Waals surface area contributed by atoms with E-state index in [1.165, 1.54) is 4.90 Å². The van der Waals surface area contributed by atoms with E-state index in [9.17, 15) is 9.59 Å². The van der Waals surface area contributed by atoms with E-state index in [0.29, 0.717) is 12.8 Å². The molecular weight excluding hydrogens is 216 g/mol. The van der Waals surface area contributed by atoms with Crippen molar-refractivity contribution in [3.63, 3.8) is 0 Å². The summed E-state index contributed by atoms with van der Waals surface area (Å²) in [6.07, 6.45) is 5.23. The fourth-order valence-electron chi connectivity index (χ4n) is 2.46. The number of imide groups is 1. The molecule has 0 spiro atoms. The summed E-state index contributed by atoms with van der Waals surface area (Å²) in [5.41, 5.74) is -0.674. The smallest absolute Gasteiger partial charge is 0.233 e. The summed E-state index contributed by atoms with van der Waals surface area (Å²) in [6, 6.07) is 2.13. The number of rotatable bonds is 2. The summed E-state index contributed by atoms with van der Waals surface area (Å²) < 4.78 is 0. The topological polar surface area (TPSA) is 61.2 Å². The van der Waals surface area contributed by atoms with Gasteiger partial charge < -0.3 is 0 Å². The number of allylic oxidation sites excluding steroid dienone is 2. The molecule has 1 fully saturated rings. The van der Waals surface area contributed by atoms with Gasteiger partial charge in [0.05, 0.1) is 23.3 Å². The average Bonchev–Trinajstić information content (AvgIpc) is 2.55. The molecule has 1 heterocycles. The largest absolute Gasteiger partial charge is 0.280 e. The molecule has 2 aliphatic rings. The highest BCUT2D eigenvalue weighted by Gasteiger charge is 2.48. The van der Waals surface area contributed by atoms with Crippen molar-refractivity contribution >= 4 is 11.8 Å². The molecule has 2 rings (SSSR count). The lowest BCUT2D eigenvalue weighted by Crippen LogP contribution is -2.38. The minimum atomic E-state index is -0.674. The van der Waals surface area contributed by atoms with Gasteiger partial charge in [-0.05, 0) is 26.7 Å². The number of nitrogens with zero attached hydrogens (tertiary/aromatic N) is 2. The Kier molecular flexibility index (Phi) is 2.78. The van der Waals surface area contributed by atoms with Crippen LogP contribution in [0.4, 0.5) is 0 Å². The predicted octanol–water partition coefficient (Wildman–Crippen LogP) is 1.49. The fourth-order valence-corrected chi connectivity index (χ4v) is 2.46. The number of carbonyl (C=O) groups excluding carboxylic acids is 2. The van der Waals surface area contributed by atoms with Crippen LogP contribution in [-0.2, 0) is 9.59 Å². The molecule has 0 saturated carbocycles. The molecule has 0 radical (unpaired) electrons. The lowest BCUT2D eigenvalue weighted by atomic mass is 9.85. The molecule has 1 saturated heterocycles. The van der Waals surface area contributed by atoms with Crippen molar-refractivity contribution < 1.29 is 9.59 Å². The second-order valence-corrected chi connectivity index (χ2v) is 5.41. The van der Waals surface area contributed by atoms with Gasteiger partial charge in [0.15, 0.2) is 0 Å². The van der Waals surface area contributed by atoms with E-state index in [2.05, 4.69) is 6.07 Å². The van der Waals surface area contributed by atoms with Gasteiger partial charge in [-0.2, -0.15) is 5.26 Å². The van der Waals surface area contributed by atoms with E-state index in [4.69, 9.17) is 5.26 Å². The monoisotopic (exact) mass is 232 g/mol. The van der Waals surface area contributed by atoms with Crippen molar-refractivity contribution in [2.75, 3.05) is 6.54 Å². The highest BCUT2D eigenvalue weighted by molar-refractivity contribution is 6.05. The molecular formula is C13H16N2O2. The maximum Gasteiger partial charge on any atom is 0.233 e. The summed E-state index contributed by atoms with van der Waals surface area (Å²) in [7, 11) is 0. The van der Waals surface area contributed by atoms with Crippen molar-refractivity contribution in [1.29, 1.82) is 5.26 Å². The van der Waals surface area contributed by atoms with Crippen molar-refractivity contribution in [2.45, 2.75) is 26.7 Å². The molecule has 4 nitrogen and oxygen atoms in total. The van der Waals surface area contributed by atoms with Gasteiger partial charge >= 0.3 is 0 Å². The molecule has 2 atom stereocenters. The van der Waals surface area contributed by atoms with Gasteiger partial charge in [-0.1, -0.05) is 12.2 Å². The molecule has 0 bridgehead atoms. The van der Waals surface area contributed by atoms with E-state index in [1.807, 2.05) is 12.2 Å². The van der Waals surface area contributed by atoms with Gasteiger partial charge in [0, 0.05) is 6.54 Å². The molecule has 17 heavy (non-hydrogen) atoms. The number of amides is 2. The van der Waals surface area contributed by atoms with Crippen LogP contribution < -0.4 is 0 Å². The van der Waals surface area contributed by atoms with Crippen LogP contribution in [-0.4, -0.2) is 23.3 Å². The molecule has 0 unspecified atom stereocenters. The summed E-state index contributed by atoms with van der Waals surface area (Å²) in [5, 5.41) is 8.97. The Hall–Kier alpha value is -1.63. The highest BCUT2D eigenvalue weighted by atomic mass is 16.2.